The summed E-state index contributed by atoms with van der Waals surface area (Å²) < 4.78 is 32.9. The van der Waals surface area contributed by atoms with Gasteiger partial charge in [0.05, 0.1) is 22.1 Å². The quantitative estimate of drug-likeness (QED) is 0.829. The standard InChI is InChI=1S/C13H10BrF2NO2S/c1-19-13(18)8-3-4-9(12(16)11(8)15)17-6-7-2-5-10(14)20-7/h2-5,17H,6H2,1H3. The fourth-order valence-corrected chi connectivity index (χ4v) is 3.01. The zero-order valence-electron chi connectivity index (χ0n) is 10.4. The molecule has 2 rings (SSSR count). The molecule has 0 fully saturated rings. The van der Waals surface area contributed by atoms with Gasteiger partial charge >= 0.3 is 5.97 Å². The fraction of sp³-hybridized carbons (Fsp3) is 0.154. The molecule has 2 aromatic rings. The zero-order chi connectivity index (χ0) is 14.7. The normalized spacial score (nSPS) is 10.4. The molecule has 0 amide bonds. The highest BCUT2D eigenvalue weighted by atomic mass is 79.9. The van der Waals surface area contributed by atoms with Crippen LogP contribution in [0, 0.1) is 11.6 Å². The number of halogens is 3. The van der Waals surface area contributed by atoms with Crippen molar-refractivity contribution in [1.29, 1.82) is 0 Å². The summed E-state index contributed by atoms with van der Waals surface area (Å²) in [4.78, 5) is 12.2. The van der Waals surface area contributed by atoms with Crippen LogP contribution in [-0.4, -0.2) is 13.1 Å². The molecule has 20 heavy (non-hydrogen) atoms. The van der Waals surface area contributed by atoms with Gasteiger partial charge in [-0.2, -0.15) is 0 Å². The van der Waals surface area contributed by atoms with E-state index in [1.165, 1.54) is 23.5 Å². The highest BCUT2D eigenvalue weighted by Gasteiger charge is 2.18. The number of hydrogen-bond acceptors (Lipinski definition) is 4. The summed E-state index contributed by atoms with van der Waals surface area (Å²) in [5.74, 6) is -3.21. The van der Waals surface area contributed by atoms with Gasteiger partial charge in [0.1, 0.15) is 0 Å². The van der Waals surface area contributed by atoms with E-state index in [-0.39, 0.29) is 5.69 Å². The number of esters is 1. The summed E-state index contributed by atoms with van der Waals surface area (Å²) in [6, 6.07) is 6.25. The number of carbonyl (C=O) groups is 1. The molecule has 0 spiro atoms. The van der Waals surface area contributed by atoms with Crippen LogP contribution in [0.25, 0.3) is 0 Å². The van der Waals surface area contributed by atoms with Crippen LogP contribution >= 0.6 is 27.3 Å². The van der Waals surface area contributed by atoms with Gasteiger partial charge < -0.3 is 10.1 Å². The van der Waals surface area contributed by atoms with Crippen LogP contribution in [0.1, 0.15) is 15.2 Å². The number of thiophene rings is 1. The average molecular weight is 362 g/mol. The lowest BCUT2D eigenvalue weighted by Gasteiger charge is -2.09. The minimum Gasteiger partial charge on any atom is -0.465 e. The summed E-state index contributed by atoms with van der Waals surface area (Å²) in [5.41, 5.74) is -0.422. The number of methoxy groups -OCH3 is 1. The van der Waals surface area contributed by atoms with Crippen LogP contribution < -0.4 is 5.32 Å². The molecule has 1 aromatic heterocycles. The van der Waals surface area contributed by atoms with Gasteiger partial charge in [0.15, 0.2) is 11.6 Å². The van der Waals surface area contributed by atoms with Crippen LogP contribution in [0.15, 0.2) is 28.1 Å². The third-order valence-corrected chi connectivity index (χ3v) is 4.19. The molecular formula is C13H10BrF2NO2S. The van der Waals surface area contributed by atoms with Crippen molar-refractivity contribution in [3.05, 3.63) is 50.1 Å². The van der Waals surface area contributed by atoms with Gasteiger partial charge in [0.2, 0.25) is 0 Å². The van der Waals surface area contributed by atoms with Crippen LogP contribution in [0.2, 0.25) is 0 Å². The van der Waals surface area contributed by atoms with Crippen molar-refractivity contribution in [3.63, 3.8) is 0 Å². The second-order valence-electron chi connectivity index (χ2n) is 3.84. The maximum absolute atomic E-state index is 13.8. The van der Waals surface area contributed by atoms with Crippen molar-refractivity contribution in [2.24, 2.45) is 0 Å². The Labute approximate surface area is 126 Å². The lowest BCUT2D eigenvalue weighted by Crippen LogP contribution is -2.09. The van der Waals surface area contributed by atoms with Crippen molar-refractivity contribution in [1.82, 2.24) is 0 Å². The molecule has 106 valence electrons. The van der Waals surface area contributed by atoms with Crippen LogP contribution in [-0.2, 0) is 11.3 Å². The Morgan fingerprint density at radius 3 is 2.65 bits per heavy atom. The summed E-state index contributed by atoms with van der Waals surface area (Å²) in [7, 11) is 1.11. The Balaban J connectivity index is 2.17. The van der Waals surface area contributed by atoms with Gasteiger partial charge in [-0.25, -0.2) is 13.6 Å². The van der Waals surface area contributed by atoms with Crippen LogP contribution in [0.5, 0.6) is 0 Å². The third kappa shape index (κ3) is 3.16. The van der Waals surface area contributed by atoms with E-state index in [1.54, 1.807) is 0 Å². The van der Waals surface area contributed by atoms with E-state index in [1.807, 2.05) is 12.1 Å². The summed E-state index contributed by atoms with van der Waals surface area (Å²) in [6.07, 6.45) is 0. The SMILES string of the molecule is COC(=O)c1ccc(NCc2ccc(Br)s2)c(F)c1F. The number of ether oxygens (including phenoxy) is 1. The van der Waals surface area contributed by atoms with E-state index in [2.05, 4.69) is 26.0 Å². The van der Waals surface area contributed by atoms with Crippen LogP contribution in [0.3, 0.4) is 0 Å². The number of anilines is 1. The van der Waals surface area contributed by atoms with E-state index in [0.717, 1.165) is 15.8 Å². The van der Waals surface area contributed by atoms with Crippen molar-refractivity contribution < 1.29 is 18.3 Å². The van der Waals surface area contributed by atoms with E-state index >= 15 is 0 Å². The Hall–Kier alpha value is -1.47. The third-order valence-electron chi connectivity index (χ3n) is 2.57. The Morgan fingerprint density at radius 1 is 1.30 bits per heavy atom. The Kier molecular flexibility index (Phi) is 4.72. The van der Waals surface area contributed by atoms with Gasteiger partial charge in [0, 0.05) is 11.4 Å². The molecule has 1 aromatic carbocycles. The molecule has 0 radical (unpaired) electrons. The second kappa shape index (κ2) is 6.32. The summed E-state index contributed by atoms with van der Waals surface area (Å²) in [6.45, 7) is 0.365. The largest absolute Gasteiger partial charge is 0.465 e. The number of rotatable bonds is 4. The average Bonchev–Trinajstić information content (AvgIpc) is 2.85. The molecule has 1 N–H and O–H groups in total. The molecule has 0 aliphatic carbocycles. The molecule has 3 nitrogen and oxygen atoms in total. The highest BCUT2D eigenvalue weighted by Crippen LogP contribution is 2.25. The minimum absolute atomic E-state index is 0.000300. The Morgan fingerprint density at radius 2 is 2.05 bits per heavy atom. The molecule has 0 atom stereocenters. The van der Waals surface area contributed by atoms with Gasteiger partial charge in [-0.1, -0.05) is 0 Å². The molecule has 1 heterocycles. The van der Waals surface area contributed by atoms with Gasteiger partial charge in [0.25, 0.3) is 0 Å². The highest BCUT2D eigenvalue weighted by molar-refractivity contribution is 9.11. The smallest absolute Gasteiger partial charge is 0.340 e. The van der Waals surface area contributed by atoms with Crippen molar-refractivity contribution >= 4 is 38.9 Å². The number of hydrogen-bond donors (Lipinski definition) is 1. The van der Waals surface area contributed by atoms with Gasteiger partial charge in [-0.15, -0.1) is 11.3 Å². The van der Waals surface area contributed by atoms with Crippen LogP contribution in [0.4, 0.5) is 14.5 Å². The van der Waals surface area contributed by atoms with E-state index in [4.69, 9.17) is 0 Å². The Bertz CT molecular complexity index is 645. The first kappa shape index (κ1) is 14.9. The molecule has 0 aliphatic rings. The molecular weight excluding hydrogens is 352 g/mol. The number of carbonyl (C=O) groups excluding carboxylic acids is 1. The van der Waals surface area contributed by atoms with Gasteiger partial charge in [-0.05, 0) is 40.2 Å². The number of nitrogens with one attached hydrogen (secondary N) is 1. The zero-order valence-corrected chi connectivity index (χ0v) is 12.8. The van der Waals surface area contributed by atoms with Crippen molar-refractivity contribution in [3.8, 4) is 0 Å². The summed E-state index contributed by atoms with van der Waals surface area (Å²) in [5, 5.41) is 2.79. The first-order valence-electron chi connectivity index (χ1n) is 5.57. The summed E-state index contributed by atoms with van der Waals surface area (Å²) >= 11 is 4.82. The maximum atomic E-state index is 13.8. The van der Waals surface area contributed by atoms with E-state index in [9.17, 15) is 13.6 Å². The lowest BCUT2D eigenvalue weighted by atomic mass is 10.2. The molecule has 7 heteroatoms. The van der Waals surface area contributed by atoms with E-state index < -0.39 is 23.2 Å². The lowest BCUT2D eigenvalue weighted by molar-refractivity contribution is 0.0594. The monoisotopic (exact) mass is 361 g/mol. The molecule has 0 unspecified atom stereocenters. The van der Waals surface area contributed by atoms with Crippen molar-refractivity contribution in [2.75, 3.05) is 12.4 Å². The number of benzene rings is 1. The molecule has 0 aliphatic heterocycles. The first-order chi connectivity index (χ1) is 9.52. The minimum atomic E-state index is -1.21. The molecule has 0 bridgehead atoms. The van der Waals surface area contributed by atoms with Crippen molar-refractivity contribution in [2.45, 2.75) is 6.54 Å². The fourth-order valence-electron chi connectivity index (χ4n) is 1.58. The van der Waals surface area contributed by atoms with E-state index in [0.29, 0.717) is 6.54 Å². The maximum Gasteiger partial charge on any atom is 0.340 e. The van der Waals surface area contributed by atoms with Gasteiger partial charge in [-0.3, -0.25) is 0 Å². The predicted molar refractivity (Wildman–Crippen MR) is 77.0 cm³/mol. The second-order valence-corrected chi connectivity index (χ2v) is 6.39. The molecule has 0 saturated heterocycles. The predicted octanol–water partition coefficient (Wildman–Crippen LogP) is 4.19. The first-order valence-corrected chi connectivity index (χ1v) is 7.18. The molecule has 0 saturated carbocycles. The topological polar surface area (TPSA) is 38.3 Å².